The van der Waals surface area contributed by atoms with Gasteiger partial charge in [-0.05, 0) is 23.8 Å². The molecular formula is C22H18N2O6. The molecule has 2 aromatic rings. The topological polar surface area (TPSA) is 95.4 Å². The Kier molecular flexibility index (Phi) is 3.86. The second kappa shape index (κ2) is 6.35. The van der Waals surface area contributed by atoms with Crippen molar-refractivity contribution in [3.8, 4) is 16.9 Å². The van der Waals surface area contributed by atoms with Crippen LogP contribution < -0.4 is 20.6 Å². The molecule has 0 fully saturated rings. The minimum Gasteiger partial charge on any atom is -0.497 e. The van der Waals surface area contributed by atoms with Crippen LogP contribution in [0.1, 0.15) is 26.3 Å². The van der Waals surface area contributed by atoms with Gasteiger partial charge in [0, 0.05) is 17.5 Å². The van der Waals surface area contributed by atoms with Gasteiger partial charge in [0.05, 0.1) is 55.8 Å². The standard InChI is InChI=1S/C22H18N2O6/c1-27-9-5-6-12-10(7-9)14-17-15(21(25)24-22(17)26)11-8-13(28-2)19(29-3)20(30-4)16(11)18(14)23-12/h5-7H,8H2,1-4H3,(H,24,25,26). The maximum Gasteiger partial charge on any atom is 0.259 e. The van der Waals surface area contributed by atoms with Crippen molar-refractivity contribution in [2.75, 3.05) is 28.4 Å². The first-order valence-corrected chi connectivity index (χ1v) is 9.25. The minimum absolute atomic E-state index is 0.271. The fourth-order valence-electron chi connectivity index (χ4n) is 4.40. The molecule has 0 unspecified atom stereocenters. The molecule has 0 saturated heterocycles. The van der Waals surface area contributed by atoms with Crippen LogP contribution in [0.3, 0.4) is 0 Å². The highest BCUT2D eigenvalue weighted by atomic mass is 16.5. The first kappa shape index (κ1) is 18.2. The van der Waals surface area contributed by atoms with Crippen LogP contribution in [-0.2, 0) is 20.6 Å². The Labute approximate surface area is 171 Å². The molecule has 8 nitrogen and oxygen atoms in total. The van der Waals surface area contributed by atoms with Gasteiger partial charge in [-0.3, -0.25) is 14.9 Å². The molecular weight excluding hydrogens is 388 g/mol. The quantitative estimate of drug-likeness (QED) is 0.657. The van der Waals surface area contributed by atoms with E-state index in [9.17, 15) is 9.59 Å². The van der Waals surface area contributed by atoms with E-state index in [2.05, 4.69) is 5.32 Å². The zero-order valence-corrected chi connectivity index (χ0v) is 16.8. The molecule has 2 aliphatic heterocycles. The summed E-state index contributed by atoms with van der Waals surface area (Å²) in [7, 11) is 6.14. The van der Waals surface area contributed by atoms with E-state index in [0.717, 1.165) is 5.56 Å². The van der Waals surface area contributed by atoms with Crippen molar-refractivity contribution < 1.29 is 28.5 Å². The van der Waals surface area contributed by atoms with Gasteiger partial charge in [-0.15, -0.1) is 0 Å². The predicted octanol–water partition coefficient (Wildman–Crippen LogP) is 1.33. The first-order valence-electron chi connectivity index (χ1n) is 9.25. The van der Waals surface area contributed by atoms with E-state index >= 15 is 0 Å². The second-order valence-electron chi connectivity index (χ2n) is 6.98. The Balaban J connectivity index is 2.02. The van der Waals surface area contributed by atoms with Crippen LogP contribution in [0.15, 0.2) is 34.7 Å². The van der Waals surface area contributed by atoms with Crippen LogP contribution in [0.4, 0.5) is 5.69 Å². The van der Waals surface area contributed by atoms with Crippen LogP contribution in [-0.4, -0.2) is 40.3 Å². The third kappa shape index (κ3) is 2.18. The zero-order valence-electron chi connectivity index (χ0n) is 16.8. The highest BCUT2D eigenvalue weighted by Crippen LogP contribution is 2.40. The number of hydrogen-bond acceptors (Lipinski definition) is 7. The molecule has 3 aliphatic rings. The number of nitrogens with zero attached hydrogens (tertiary/aromatic N) is 1. The smallest absolute Gasteiger partial charge is 0.259 e. The number of amides is 2. The van der Waals surface area contributed by atoms with Gasteiger partial charge < -0.3 is 18.9 Å². The highest BCUT2D eigenvalue weighted by molar-refractivity contribution is 6.25. The summed E-state index contributed by atoms with van der Waals surface area (Å²) >= 11 is 0. The Hall–Kier alpha value is -3.81. The van der Waals surface area contributed by atoms with Gasteiger partial charge in [0.1, 0.15) is 11.5 Å². The molecule has 0 spiro atoms. The molecule has 0 saturated carbocycles. The summed E-state index contributed by atoms with van der Waals surface area (Å²) in [5.74, 6) is 1.08. The number of rotatable bonds is 4. The van der Waals surface area contributed by atoms with Gasteiger partial charge in [0.15, 0.2) is 11.5 Å². The molecule has 8 heteroatoms. The van der Waals surface area contributed by atoms with Crippen molar-refractivity contribution in [3.63, 3.8) is 0 Å². The zero-order chi connectivity index (χ0) is 21.2. The summed E-state index contributed by atoms with van der Waals surface area (Å²) in [6, 6.07) is 5.44. The maximum atomic E-state index is 12.8. The molecule has 0 bridgehead atoms. The molecule has 5 rings (SSSR count). The van der Waals surface area contributed by atoms with Crippen molar-refractivity contribution in [1.82, 2.24) is 5.32 Å². The highest BCUT2D eigenvalue weighted by Gasteiger charge is 2.39. The second-order valence-corrected chi connectivity index (χ2v) is 6.98. The van der Waals surface area contributed by atoms with Crippen LogP contribution in [0, 0.1) is 0 Å². The summed E-state index contributed by atoms with van der Waals surface area (Å²) < 4.78 is 22.1. The van der Waals surface area contributed by atoms with E-state index in [1.807, 2.05) is 12.1 Å². The lowest BCUT2D eigenvalue weighted by Gasteiger charge is -2.22. The number of carbonyl (C=O) groups is 2. The lowest BCUT2D eigenvalue weighted by Crippen LogP contribution is -2.38. The number of allylic oxidation sites excluding steroid dienone is 1. The maximum absolute atomic E-state index is 12.8. The summed E-state index contributed by atoms with van der Waals surface area (Å²) in [5.41, 5.74) is 3.26. The lowest BCUT2D eigenvalue weighted by atomic mass is 9.87. The average Bonchev–Trinajstić information content (AvgIpc) is 3.28. The predicted molar refractivity (Wildman–Crippen MR) is 106 cm³/mol. The molecule has 0 aromatic heterocycles. The fourth-order valence-corrected chi connectivity index (χ4v) is 4.40. The monoisotopic (exact) mass is 406 g/mol. The molecule has 2 heterocycles. The van der Waals surface area contributed by atoms with Crippen LogP contribution in [0.25, 0.3) is 16.9 Å². The van der Waals surface area contributed by atoms with E-state index in [1.165, 1.54) is 21.3 Å². The SMILES string of the molecule is COC1=C(OC)C(OC)=c2c(c3c(c4c2=Nc2ccc(OC)cc2-4)C(=O)NC3=O)C1. The number of nitrogens with one attached hydrogen (secondary N) is 1. The number of methoxy groups -OCH3 is 4. The summed E-state index contributed by atoms with van der Waals surface area (Å²) in [6.07, 6.45) is 0.271. The summed E-state index contributed by atoms with van der Waals surface area (Å²) in [6.45, 7) is 0. The van der Waals surface area contributed by atoms with Gasteiger partial charge in [0.2, 0.25) is 0 Å². The molecule has 2 aromatic carbocycles. The van der Waals surface area contributed by atoms with E-state index in [4.69, 9.17) is 23.9 Å². The Bertz CT molecular complexity index is 1320. The number of benzene rings is 2. The van der Waals surface area contributed by atoms with Crippen LogP contribution in [0.2, 0.25) is 0 Å². The Morgan fingerprint density at radius 1 is 0.867 bits per heavy atom. The van der Waals surface area contributed by atoms with Crippen molar-refractivity contribution in [1.29, 1.82) is 0 Å². The van der Waals surface area contributed by atoms with Crippen molar-refractivity contribution >= 4 is 23.3 Å². The minimum atomic E-state index is -0.447. The number of ether oxygens (including phenoxy) is 4. The molecule has 1 aliphatic carbocycles. The largest absolute Gasteiger partial charge is 0.497 e. The fraction of sp³-hybridized carbons (Fsp3) is 0.227. The molecule has 1 N–H and O–H groups in total. The van der Waals surface area contributed by atoms with Gasteiger partial charge in [-0.1, -0.05) is 0 Å². The van der Waals surface area contributed by atoms with Crippen molar-refractivity contribution in [2.45, 2.75) is 6.42 Å². The summed E-state index contributed by atoms with van der Waals surface area (Å²) in [4.78, 5) is 30.4. The average molecular weight is 406 g/mol. The Morgan fingerprint density at radius 2 is 1.60 bits per heavy atom. The molecule has 152 valence electrons. The van der Waals surface area contributed by atoms with E-state index in [1.54, 1.807) is 13.2 Å². The number of carbonyl (C=O) groups excluding carboxylic acids is 2. The number of hydrogen-bond donors (Lipinski definition) is 1. The Morgan fingerprint density at radius 3 is 2.27 bits per heavy atom. The van der Waals surface area contributed by atoms with E-state index < -0.39 is 11.8 Å². The lowest BCUT2D eigenvalue weighted by molar-refractivity contribution is 0.0879. The normalized spacial score (nSPS) is 15.7. The molecule has 0 radical (unpaired) electrons. The third-order valence-electron chi connectivity index (χ3n) is 5.64. The van der Waals surface area contributed by atoms with Crippen molar-refractivity contribution in [3.05, 3.63) is 57.0 Å². The van der Waals surface area contributed by atoms with Crippen LogP contribution in [0.5, 0.6) is 5.75 Å². The van der Waals surface area contributed by atoms with E-state index in [0.29, 0.717) is 61.5 Å². The van der Waals surface area contributed by atoms with Crippen LogP contribution >= 0.6 is 0 Å². The van der Waals surface area contributed by atoms with Gasteiger partial charge in [0.25, 0.3) is 11.8 Å². The van der Waals surface area contributed by atoms with Gasteiger partial charge >= 0.3 is 0 Å². The first-order chi connectivity index (χ1) is 14.5. The molecule has 30 heavy (non-hydrogen) atoms. The number of imide groups is 1. The third-order valence-corrected chi connectivity index (χ3v) is 5.64. The van der Waals surface area contributed by atoms with Gasteiger partial charge in [-0.25, -0.2) is 4.99 Å². The molecule has 0 atom stereocenters. The molecule has 2 amide bonds. The summed E-state index contributed by atoms with van der Waals surface area (Å²) in [5, 5.41) is 3.62. The number of fused-ring (bicyclic) bond motifs is 8. The van der Waals surface area contributed by atoms with Gasteiger partial charge in [-0.2, -0.15) is 0 Å². The van der Waals surface area contributed by atoms with Crippen molar-refractivity contribution in [2.24, 2.45) is 4.99 Å². The van der Waals surface area contributed by atoms with E-state index in [-0.39, 0.29) is 6.42 Å².